The Morgan fingerprint density at radius 1 is 1.16 bits per heavy atom. The Morgan fingerprint density at radius 2 is 1.97 bits per heavy atom. The maximum Gasteiger partial charge on any atom is 0.363 e. The molecule has 31 heavy (non-hydrogen) atoms. The molecule has 1 aromatic heterocycles. The van der Waals surface area contributed by atoms with E-state index in [0.29, 0.717) is 45.5 Å². The average Bonchev–Trinajstić information content (AvgIpc) is 3.39. The number of halogens is 2. The smallest absolute Gasteiger partial charge is 0.363 e. The quantitative estimate of drug-likeness (QED) is 0.292. The highest BCUT2D eigenvalue weighted by Gasteiger charge is 2.26. The Morgan fingerprint density at radius 3 is 2.68 bits per heavy atom. The van der Waals surface area contributed by atoms with Gasteiger partial charge in [-0.15, -0.1) is 0 Å². The minimum atomic E-state index is -0.552. The molecular weight excluding hydrogens is 486 g/mol. The lowest BCUT2D eigenvalue weighted by Crippen LogP contribution is -2.04. The molecule has 1 aliphatic heterocycles. The molecule has 0 unspecified atom stereocenters. The number of cyclic esters (lactones) is 1. The van der Waals surface area contributed by atoms with Crippen molar-refractivity contribution >= 4 is 45.5 Å². The molecule has 0 N–H and O–H groups in total. The maximum absolute atomic E-state index is 12.2. The van der Waals surface area contributed by atoms with Gasteiger partial charge in [0.1, 0.15) is 6.61 Å². The maximum atomic E-state index is 12.2. The lowest BCUT2D eigenvalue weighted by molar-refractivity contribution is -0.130. The second-order valence-corrected chi connectivity index (χ2v) is 7.78. The first-order valence-corrected chi connectivity index (χ1v) is 10.6. The summed E-state index contributed by atoms with van der Waals surface area (Å²) in [5, 5.41) is 0.667. The average molecular weight is 503 g/mol. The van der Waals surface area contributed by atoms with Gasteiger partial charge in [-0.2, -0.15) is 0 Å². The van der Waals surface area contributed by atoms with Crippen molar-refractivity contribution in [3.05, 3.63) is 86.9 Å². The van der Waals surface area contributed by atoms with Crippen LogP contribution in [0.25, 0.3) is 6.08 Å². The molecule has 6 nitrogen and oxygen atoms in total. The van der Waals surface area contributed by atoms with Gasteiger partial charge in [0.2, 0.25) is 0 Å². The molecule has 3 aromatic rings. The molecular formula is C23H17BrClNO5. The van der Waals surface area contributed by atoms with Crippen molar-refractivity contribution in [2.24, 2.45) is 4.99 Å². The minimum Gasteiger partial charge on any atom is -0.490 e. The van der Waals surface area contributed by atoms with Crippen LogP contribution in [0.4, 0.5) is 0 Å². The molecule has 0 spiro atoms. The van der Waals surface area contributed by atoms with Gasteiger partial charge in [0, 0.05) is 5.02 Å². The Bertz CT molecular complexity index is 1150. The summed E-state index contributed by atoms with van der Waals surface area (Å²) < 4.78 is 22.9. The van der Waals surface area contributed by atoms with Gasteiger partial charge in [0.15, 0.2) is 23.0 Å². The summed E-state index contributed by atoms with van der Waals surface area (Å²) in [6.07, 6.45) is 3.11. The molecule has 4 rings (SSSR count). The van der Waals surface area contributed by atoms with E-state index in [-0.39, 0.29) is 11.6 Å². The van der Waals surface area contributed by atoms with Crippen LogP contribution in [0, 0.1) is 0 Å². The first kappa shape index (κ1) is 21.2. The number of nitrogens with zero attached hydrogens (tertiary/aromatic N) is 1. The van der Waals surface area contributed by atoms with E-state index in [1.165, 1.54) is 6.26 Å². The van der Waals surface area contributed by atoms with Crippen LogP contribution < -0.4 is 9.47 Å². The lowest BCUT2D eigenvalue weighted by Gasteiger charge is -2.15. The van der Waals surface area contributed by atoms with E-state index in [0.717, 1.165) is 5.56 Å². The van der Waals surface area contributed by atoms with E-state index in [1.54, 1.807) is 24.3 Å². The molecule has 0 aliphatic carbocycles. The number of carbonyl (C=O) groups excluding carboxylic acids is 1. The highest BCUT2D eigenvalue weighted by atomic mass is 79.9. The number of furan rings is 1. The molecule has 158 valence electrons. The number of esters is 1. The fraction of sp³-hybridized carbons (Fsp3) is 0.130. The van der Waals surface area contributed by atoms with E-state index < -0.39 is 5.97 Å². The van der Waals surface area contributed by atoms with Crippen molar-refractivity contribution < 1.29 is 23.4 Å². The number of rotatable bonds is 7. The molecule has 0 radical (unpaired) electrons. The Balaban J connectivity index is 1.60. The van der Waals surface area contributed by atoms with Crippen LogP contribution in [0.5, 0.6) is 11.5 Å². The van der Waals surface area contributed by atoms with Crippen molar-refractivity contribution in [1.82, 2.24) is 0 Å². The second-order valence-electron chi connectivity index (χ2n) is 6.49. The van der Waals surface area contributed by atoms with Crippen molar-refractivity contribution in [2.75, 3.05) is 6.61 Å². The molecule has 0 amide bonds. The third-order valence-corrected chi connectivity index (χ3v) is 5.12. The van der Waals surface area contributed by atoms with E-state index in [4.69, 9.17) is 30.2 Å². The Hall–Kier alpha value is -3.03. The van der Waals surface area contributed by atoms with Crippen molar-refractivity contribution in [2.45, 2.75) is 13.5 Å². The number of carbonyl (C=O) groups is 1. The normalized spacial score (nSPS) is 14.5. The van der Waals surface area contributed by atoms with Gasteiger partial charge in [-0.3, -0.25) is 0 Å². The molecule has 8 heteroatoms. The molecule has 0 bridgehead atoms. The SMILES string of the molecule is CCOc1cc(/C=C2\N=C(c3ccco3)OC2=O)cc(Br)c1OCc1ccc(Cl)cc1. The summed E-state index contributed by atoms with van der Waals surface area (Å²) in [6, 6.07) is 14.4. The monoisotopic (exact) mass is 501 g/mol. The number of ether oxygens (including phenoxy) is 3. The molecule has 0 saturated heterocycles. The predicted octanol–water partition coefficient (Wildman–Crippen LogP) is 6.02. The van der Waals surface area contributed by atoms with Crippen molar-refractivity contribution in [1.29, 1.82) is 0 Å². The second kappa shape index (κ2) is 9.41. The summed E-state index contributed by atoms with van der Waals surface area (Å²) in [7, 11) is 0. The van der Waals surface area contributed by atoms with Crippen LogP contribution >= 0.6 is 27.5 Å². The van der Waals surface area contributed by atoms with E-state index in [1.807, 2.05) is 37.3 Å². The summed E-state index contributed by atoms with van der Waals surface area (Å²) in [4.78, 5) is 16.4. The third kappa shape index (κ3) is 5.00. The highest BCUT2D eigenvalue weighted by Crippen LogP contribution is 2.38. The fourth-order valence-corrected chi connectivity index (χ4v) is 3.58. The first-order chi connectivity index (χ1) is 15.0. The van der Waals surface area contributed by atoms with Crippen LogP contribution in [-0.4, -0.2) is 18.5 Å². The summed E-state index contributed by atoms with van der Waals surface area (Å²) in [5.41, 5.74) is 1.83. The van der Waals surface area contributed by atoms with Crippen LogP contribution in [-0.2, 0) is 16.1 Å². The standard InChI is InChI=1S/C23H17BrClNO5/c1-2-28-20-12-15(11-18-23(27)31-22(26-18)19-4-3-9-29-19)10-17(24)21(20)30-13-14-5-7-16(25)8-6-14/h3-12H,2,13H2,1H3/b18-11-. The Kier molecular flexibility index (Phi) is 6.44. The molecule has 2 heterocycles. The fourth-order valence-electron chi connectivity index (χ4n) is 2.88. The van der Waals surface area contributed by atoms with Gasteiger partial charge >= 0.3 is 5.97 Å². The minimum absolute atomic E-state index is 0.133. The number of benzene rings is 2. The van der Waals surface area contributed by atoms with Gasteiger partial charge in [0.25, 0.3) is 5.90 Å². The van der Waals surface area contributed by atoms with Gasteiger partial charge in [-0.25, -0.2) is 9.79 Å². The molecule has 0 fully saturated rings. The van der Waals surface area contributed by atoms with E-state index in [9.17, 15) is 4.79 Å². The van der Waals surface area contributed by atoms with Crippen LogP contribution in [0.2, 0.25) is 5.02 Å². The third-order valence-electron chi connectivity index (χ3n) is 4.28. The molecule has 0 atom stereocenters. The van der Waals surface area contributed by atoms with Crippen molar-refractivity contribution in [3.8, 4) is 11.5 Å². The van der Waals surface area contributed by atoms with Crippen LogP contribution in [0.1, 0.15) is 23.8 Å². The lowest BCUT2D eigenvalue weighted by atomic mass is 10.1. The molecule has 0 saturated carbocycles. The van der Waals surface area contributed by atoms with Gasteiger partial charge in [0.05, 0.1) is 17.3 Å². The molecule has 1 aliphatic rings. The summed E-state index contributed by atoms with van der Waals surface area (Å²) >= 11 is 9.47. The van der Waals surface area contributed by atoms with Crippen LogP contribution in [0.15, 0.2) is 74.4 Å². The van der Waals surface area contributed by atoms with Crippen molar-refractivity contribution in [3.63, 3.8) is 0 Å². The molecule has 2 aromatic carbocycles. The Labute approximate surface area is 192 Å². The predicted molar refractivity (Wildman–Crippen MR) is 120 cm³/mol. The largest absolute Gasteiger partial charge is 0.490 e. The highest BCUT2D eigenvalue weighted by molar-refractivity contribution is 9.10. The summed E-state index contributed by atoms with van der Waals surface area (Å²) in [6.45, 7) is 2.68. The van der Waals surface area contributed by atoms with Gasteiger partial charge in [-0.1, -0.05) is 23.7 Å². The van der Waals surface area contributed by atoms with E-state index in [2.05, 4.69) is 20.9 Å². The topological polar surface area (TPSA) is 70.3 Å². The number of aliphatic imine (C=N–C) groups is 1. The number of hydrogen-bond acceptors (Lipinski definition) is 6. The summed E-state index contributed by atoms with van der Waals surface area (Å²) in [5.74, 6) is 1.07. The van der Waals surface area contributed by atoms with Crippen LogP contribution in [0.3, 0.4) is 0 Å². The van der Waals surface area contributed by atoms with Gasteiger partial charge < -0.3 is 18.6 Å². The number of hydrogen-bond donors (Lipinski definition) is 0. The zero-order chi connectivity index (χ0) is 21.8. The van der Waals surface area contributed by atoms with Gasteiger partial charge in [-0.05, 0) is 76.5 Å². The zero-order valence-corrected chi connectivity index (χ0v) is 18.8. The first-order valence-electron chi connectivity index (χ1n) is 9.43. The van der Waals surface area contributed by atoms with E-state index >= 15 is 0 Å². The zero-order valence-electron chi connectivity index (χ0n) is 16.4.